The van der Waals surface area contributed by atoms with Gasteiger partial charge >= 0.3 is 0 Å². The first-order valence-electron chi connectivity index (χ1n) is 39.1. The van der Waals surface area contributed by atoms with E-state index in [0.717, 1.165) is 38.5 Å². The lowest BCUT2D eigenvalue weighted by atomic mass is 9.99. The van der Waals surface area contributed by atoms with E-state index >= 15 is 0 Å². The maximum atomic E-state index is 12.7. The van der Waals surface area contributed by atoms with Crippen molar-refractivity contribution in [2.24, 2.45) is 0 Å². The highest BCUT2D eigenvalue weighted by Gasteiger charge is 2.29. The molecule has 0 aromatic heterocycles. The predicted octanol–water partition coefficient (Wildman–Crippen LogP) is 24.7. The molecular formula is C78H155NO5. The summed E-state index contributed by atoms with van der Waals surface area (Å²) >= 11 is 0. The van der Waals surface area contributed by atoms with Gasteiger partial charge in [0.1, 0.15) is 12.2 Å². The van der Waals surface area contributed by atoms with E-state index in [2.05, 4.69) is 31.3 Å². The molecule has 1 amide bonds. The topological polar surface area (TPSA) is 110 Å². The molecule has 0 bridgehead atoms. The fraction of sp³-hybridized carbons (Fsp3) is 0.962. The van der Waals surface area contributed by atoms with Crippen molar-refractivity contribution in [1.29, 1.82) is 0 Å². The van der Waals surface area contributed by atoms with Crippen LogP contribution < -0.4 is 5.32 Å². The number of aliphatic hydroxyl groups excluding tert-OH is 4. The summed E-state index contributed by atoms with van der Waals surface area (Å²) in [5.74, 6) is -0.574. The minimum absolute atomic E-state index is 0.374. The standard InChI is InChI=1S/C78H155NO5/c1-3-5-7-9-11-13-15-17-19-21-23-25-27-29-31-33-35-36-37-38-39-40-41-42-44-46-48-50-52-54-56-58-60-62-64-66-68-70-72-76(82)78(84)79-74(73-80)77(83)75(81)71-69-67-65-63-61-59-57-55-53-51-49-47-45-43-34-32-30-28-26-24-22-20-18-16-14-12-10-8-6-4-2/h38-39,74-77,80-83H,3-37,40-73H2,1-2H3,(H,79,84)/b39-38-. The number of unbranched alkanes of at least 4 members (excludes halogenated alkanes) is 63. The monoisotopic (exact) mass is 1190 g/mol. The molecule has 6 heteroatoms. The Hall–Kier alpha value is -0.950. The second-order valence-corrected chi connectivity index (χ2v) is 27.4. The summed E-state index contributed by atoms with van der Waals surface area (Å²) in [5.41, 5.74) is 0. The van der Waals surface area contributed by atoms with Crippen molar-refractivity contribution in [1.82, 2.24) is 5.32 Å². The van der Waals surface area contributed by atoms with Gasteiger partial charge in [-0.3, -0.25) is 4.79 Å². The van der Waals surface area contributed by atoms with E-state index in [1.165, 1.54) is 385 Å². The zero-order chi connectivity index (χ0) is 60.8. The SMILES string of the molecule is CCCCCCCCCCCCCCCCCCCC/C=C\CCCCCCCCCCCCCCCCCCC(O)C(=O)NC(CO)C(O)C(O)CCCCCCCCCCCCCCCCCCCCCCCCCCCCCCCC. The molecule has 0 fully saturated rings. The zero-order valence-corrected chi connectivity index (χ0v) is 57.5. The summed E-state index contributed by atoms with van der Waals surface area (Å²) in [5, 5.41) is 44.4. The molecule has 4 unspecified atom stereocenters. The van der Waals surface area contributed by atoms with Gasteiger partial charge < -0.3 is 25.7 Å². The van der Waals surface area contributed by atoms with Gasteiger partial charge in [0.2, 0.25) is 5.91 Å². The Morgan fingerprint density at radius 3 is 0.690 bits per heavy atom. The summed E-state index contributed by atoms with van der Waals surface area (Å²) in [4.78, 5) is 12.7. The Labute approximate surface area is 527 Å². The molecule has 0 saturated heterocycles. The van der Waals surface area contributed by atoms with E-state index in [0.29, 0.717) is 12.8 Å². The van der Waals surface area contributed by atoms with Gasteiger partial charge in [-0.1, -0.05) is 424 Å². The smallest absolute Gasteiger partial charge is 0.249 e. The number of hydrogen-bond donors (Lipinski definition) is 5. The zero-order valence-electron chi connectivity index (χ0n) is 57.5. The highest BCUT2D eigenvalue weighted by Crippen LogP contribution is 2.21. The third-order valence-electron chi connectivity index (χ3n) is 19.0. The van der Waals surface area contributed by atoms with Crippen LogP contribution in [0.4, 0.5) is 0 Å². The van der Waals surface area contributed by atoms with Gasteiger partial charge in [-0.15, -0.1) is 0 Å². The van der Waals surface area contributed by atoms with E-state index in [1.807, 2.05) is 0 Å². The number of aliphatic hydroxyl groups is 4. The summed E-state index contributed by atoms with van der Waals surface area (Å²) in [7, 11) is 0. The van der Waals surface area contributed by atoms with Gasteiger partial charge in [0.05, 0.1) is 18.8 Å². The molecule has 0 aromatic carbocycles. The molecule has 502 valence electrons. The number of amides is 1. The Bertz CT molecular complexity index is 1240. The van der Waals surface area contributed by atoms with E-state index in [-0.39, 0.29) is 0 Å². The average Bonchev–Trinajstić information content (AvgIpc) is 3.53. The molecule has 0 aliphatic heterocycles. The Morgan fingerprint density at radius 1 is 0.286 bits per heavy atom. The number of nitrogens with one attached hydrogen (secondary N) is 1. The van der Waals surface area contributed by atoms with Crippen molar-refractivity contribution in [2.45, 2.75) is 475 Å². The number of carbonyl (C=O) groups excluding carboxylic acids is 1. The maximum Gasteiger partial charge on any atom is 0.249 e. The molecular weight excluding hydrogens is 1030 g/mol. The van der Waals surface area contributed by atoms with Crippen LogP contribution in [0, 0.1) is 0 Å². The van der Waals surface area contributed by atoms with Gasteiger partial charge in [-0.05, 0) is 38.5 Å². The van der Waals surface area contributed by atoms with E-state index in [1.54, 1.807) is 0 Å². The van der Waals surface area contributed by atoms with Crippen molar-refractivity contribution >= 4 is 5.91 Å². The van der Waals surface area contributed by atoms with Crippen LogP contribution in [0.1, 0.15) is 450 Å². The molecule has 0 spiro atoms. The van der Waals surface area contributed by atoms with Crippen LogP contribution in [0.5, 0.6) is 0 Å². The van der Waals surface area contributed by atoms with Crippen LogP contribution in [0.25, 0.3) is 0 Å². The van der Waals surface area contributed by atoms with E-state index in [4.69, 9.17) is 0 Å². The predicted molar refractivity (Wildman–Crippen MR) is 371 cm³/mol. The second kappa shape index (κ2) is 72.8. The largest absolute Gasteiger partial charge is 0.394 e. The fourth-order valence-corrected chi connectivity index (χ4v) is 12.9. The van der Waals surface area contributed by atoms with Crippen LogP contribution >= 0.6 is 0 Å². The number of hydrogen-bond acceptors (Lipinski definition) is 5. The molecule has 4 atom stereocenters. The van der Waals surface area contributed by atoms with Crippen LogP contribution in [-0.2, 0) is 4.79 Å². The molecule has 0 heterocycles. The maximum absolute atomic E-state index is 12.7. The molecule has 0 aromatic rings. The van der Waals surface area contributed by atoms with Crippen LogP contribution in [0.15, 0.2) is 12.2 Å². The first kappa shape index (κ1) is 83.1. The fourth-order valence-electron chi connectivity index (χ4n) is 12.9. The molecule has 0 saturated carbocycles. The summed E-state index contributed by atoms with van der Waals surface area (Å²) in [6.45, 7) is 4.13. The van der Waals surface area contributed by atoms with Gasteiger partial charge in [-0.25, -0.2) is 0 Å². The normalized spacial score (nSPS) is 13.4. The Balaban J connectivity index is 3.48. The minimum Gasteiger partial charge on any atom is -0.394 e. The number of allylic oxidation sites excluding steroid dienone is 2. The minimum atomic E-state index is -1.26. The molecule has 0 rings (SSSR count). The second-order valence-electron chi connectivity index (χ2n) is 27.4. The van der Waals surface area contributed by atoms with Gasteiger partial charge in [0.25, 0.3) is 0 Å². The van der Waals surface area contributed by atoms with E-state index < -0.39 is 36.9 Å². The van der Waals surface area contributed by atoms with Crippen molar-refractivity contribution in [3.8, 4) is 0 Å². The van der Waals surface area contributed by atoms with E-state index in [9.17, 15) is 25.2 Å². The van der Waals surface area contributed by atoms with Crippen molar-refractivity contribution < 1.29 is 25.2 Å². The van der Waals surface area contributed by atoms with Crippen molar-refractivity contribution in [3.05, 3.63) is 12.2 Å². The molecule has 5 N–H and O–H groups in total. The molecule has 0 aliphatic carbocycles. The van der Waals surface area contributed by atoms with Crippen LogP contribution in [-0.4, -0.2) is 57.3 Å². The highest BCUT2D eigenvalue weighted by atomic mass is 16.3. The Kier molecular flexibility index (Phi) is 72.0. The molecule has 6 nitrogen and oxygen atoms in total. The highest BCUT2D eigenvalue weighted by molar-refractivity contribution is 5.80. The first-order chi connectivity index (χ1) is 41.5. The van der Waals surface area contributed by atoms with Crippen LogP contribution in [0.3, 0.4) is 0 Å². The third kappa shape index (κ3) is 65.5. The van der Waals surface area contributed by atoms with Gasteiger partial charge in [0.15, 0.2) is 0 Å². The lowest BCUT2D eigenvalue weighted by Gasteiger charge is -2.27. The summed E-state index contributed by atoms with van der Waals surface area (Å²) in [6, 6.07) is -0.985. The number of carbonyl (C=O) groups is 1. The first-order valence-corrected chi connectivity index (χ1v) is 39.1. The number of rotatable bonds is 74. The average molecular weight is 1190 g/mol. The third-order valence-corrected chi connectivity index (χ3v) is 19.0. The Morgan fingerprint density at radius 2 is 0.476 bits per heavy atom. The van der Waals surface area contributed by atoms with Gasteiger partial charge in [0, 0.05) is 0 Å². The molecule has 0 aliphatic rings. The molecule has 0 radical (unpaired) electrons. The summed E-state index contributed by atoms with van der Waals surface area (Å²) < 4.78 is 0. The summed E-state index contributed by atoms with van der Waals surface area (Å²) in [6.07, 6.45) is 92.4. The van der Waals surface area contributed by atoms with Gasteiger partial charge in [-0.2, -0.15) is 0 Å². The van der Waals surface area contributed by atoms with Crippen molar-refractivity contribution in [2.75, 3.05) is 6.61 Å². The quantitative estimate of drug-likeness (QED) is 0.0308. The van der Waals surface area contributed by atoms with Crippen molar-refractivity contribution in [3.63, 3.8) is 0 Å². The molecule has 84 heavy (non-hydrogen) atoms. The lowest BCUT2D eigenvalue weighted by molar-refractivity contribution is -0.132. The lowest BCUT2D eigenvalue weighted by Crippen LogP contribution is -2.53. The van der Waals surface area contributed by atoms with Crippen LogP contribution in [0.2, 0.25) is 0 Å².